The fourth-order valence-electron chi connectivity index (χ4n) is 3.80. The number of nitrogens with one attached hydrogen (secondary N) is 2. The van der Waals surface area contributed by atoms with Gasteiger partial charge in [-0.15, -0.1) is 0 Å². The zero-order valence-corrected chi connectivity index (χ0v) is 21.9. The second-order valence-electron chi connectivity index (χ2n) is 8.78. The van der Waals surface area contributed by atoms with E-state index in [1.54, 1.807) is 48.5 Å². The summed E-state index contributed by atoms with van der Waals surface area (Å²) < 4.78 is 5.14. The van der Waals surface area contributed by atoms with Gasteiger partial charge in [-0.2, -0.15) is 0 Å². The number of benzene rings is 3. The maximum atomic E-state index is 13.1. The standard InChI is InChI=1S/C29H26ClN3O5/c1-4-13-38-29(37)20-8-6-10-22(16-20)32-26(34)19-7-5-9-21(15-19)31-25-24(30)27(35)33(28(25)36)23-12-11-17(2)18(3)14-23/h5-12,14-16,31H,4,13H2,1-3H3,(H,32,34). The Labute approximate surface area is 225 Å². The minimum absolute atomic E-state index is 0.0780. The first-order chi connectivity index (χ1) is 18.2. The van der Waals surface area contributed by atoms with Crippen LogP contribution in [-0.2, 0) is 14.3 Å². The molecule has 38 heavy (non-hydrogen) atoms. The molecular weight excluding hydrogens is 506 g/mol. The van der Waals surface area contributed by atoms with Crippen LogP contribution in [0.15, 0.2) is 77.5 Å². The lowest BCUT2D eigenvalue weighted by Crippen LogP contribution is -2.32. The average molecular weight is 532 g/mol. The zero-order valence-electron chi connectivity index (χ0n) is 21.1. The van der Waals surface area contributed by atoms with Gasteiger partial charge in [-0.25, -0.2) is 9.69 Å². The zero-order chi connectivity index (χ0) is 27.4. The van der Waals surface area contributed by atoms with Crippen molar-refractivity contribution in [2.45, 2.75) is 27.2 Å². The van der Waals surface area contributed by atoms with Crippen molar-refractivity contribution in [2.75, 3.05) is 22.1 Å². The van der Waals surface area contributed by atoms with Crippen molar-refractivity contribution >= 4 is 52.4 Å². The van der Waals surface area contributed by atoms with Crippen LogP contribution in [0.2, 0.25) is 0 Å². The predicted molar refractivity (Wildman–Crippen MR) is 146 cm³/mol. The van der Waals surface area contributed by atoms with Gasteiger partial charge >= 0.3 is 5.97 Å². The smallest absolute Gasteiger partial charge is 0.338 e. The lowest BCUT2D eigenvalue weighted by atomic mass is 10.1. The van der Waals surface area contributed by atoms with Crippen LogP contribution in [0.5, 0.6) is 0 Å². The van der Waals surface area contributed by atoms with Crippen LogP contribution in [0.1, 0.15) is 45.2 Å². The van der Waals surface area contributed by atoms with Crippen molar-refractivity contribution in [2.24, 2.45) is 0 Å². The lowest BCUT2D eigenvalue weighted by Gasteiger charge is -2.16. The molecule has 3 amide bonds. The summed E-state index contributed by atoms with van der Waals surface area (Å²) in [7, 11) is 0. The van der Waals surface area contributed by atoms with Gasteiger partial charge in [0.25, 0.3) is 17.7 Å². The van der Waals surface area contributed by atoms with Crippen LogP contribution < -0.4 is 15.5 Å². The van der Waals surface area contributed by atoms with E-state index < -0.39 is 23.7 Å². The molecule has 1 aliphatic heterocycles. The molecule has 0 saturated carbocycles. The normalized spacial score (nSPS) is 13.1. The largest absolute Gasteiger partial charge is 0.462 e. The Bertz CT molecular complexity index is 1480. The number of carbonyl (C=O) groups excluding carboxylic acids is 4. The molecule has 1 heterocycles. The number of halogens is 1. The summed E-state index contributed by atoms with van der Waals surface area (Å²) in [5.74, 6) is -2.12. The maximum Gasteiger partial charge on any atom is 0.338 e. The Morgan fingerprint density at radius 1 is 0.868 bits per heavy atom. The molecule has 0 spiro atoms. The highest BCUT2D eigenvalue weighted by Gasteiger charge is 2.39. The number of rotatable bonds is 8. The number of imide groups is 1. The van der Waals surface area contributed by atoms with Gasteiger partial charge in [0.2, 0.25) is 0 Å². The van der Waals surface area contributed by atoms with Gasteiger partial charge < -0.3 is 15.4 Å². The van der Waals surface area contributed by atoms with E-state index in [4.69, 9.17) is 16.3 Å². The quantitative estimate of drug-likeness (QED) is 0.291. The number of nitrogens with zero attached hydrogens (tertiary/aromatic N) is 1. The van der Waals surface area contributed by atoms with Gasteiger partial charge in [0.15, 0.2) is 0 Å². The molecule has 0 aromatic heterocycles. The van der Waals surface area contributed by atoms with Gasteiger partial charge in [0.05, 0.1) is 17.9 Å². The van der Waals surface area contributed by atoms with Gasteiger partial charge in [-0.1, -0.05) is 36.7 Å². The summed E-state index contributed by atoms with van der Waals surface area (Å²) in [5, 5.41) is 5.40. The first kappa shape index (κ1) is 26.6. The summed E-state index contributed by atoms with van der Waals surface area (Å²) in [4.78, 5) is 52.0. The highest BCUT2D eigenvalue weighted by Crippen LogP contribution is 2.31. The van der Waals surface area contributed by atoms with E-state index in [-0.39, 0.29) is 16.3 Å². The minimum atomic E-state index is -0.631. The monoisotopic (exact) mass is 531 g/mol. The van der Waals surface area contributed by atoms with Crippen molar-refractivity contribution in [3.8, 4) is 0 Å². The highest BCUT2D eigenvalue weighted by atomic mass is 35.5. The Hall–Kier alpha value is -4.43. The number of amides is 3. The summed E-state index contributed by atoms with van der Waals surface area (Å²) in [6.07, 6.45) is 0.706. The second kappa shape index (κ2) is 11.3. The molecule has 2 N–H and O–H groups in total. The van der Waals surface area contributed by atoms with E-state index in [0.29, 0.717) is 35.7 Å². The Morgan fingerprint density at radius 3 is 2.26 bits per heavy atom. The third-order valence-electron chi connectivity index (χ3n) is 5.96. The van der Waals surface area contributed by atoms with Gasteiger partial charge in [0, 0.05) is 16.9 Å². The van der Waals surface area contributed by atoms with E-state index in [9.17, 15) is 19.2 Å². The predicted octanol–water partition coefficient (Wildman–Crippen LogP) is 5.56. The van der Waals surface area contributed by atoms with Gasteiger partial charge in [-0.05, 0) is 79.9 Å². The van der Waals surface area contributed by atoms with Crippen LogP contribution in [0, 0.1) is 13.8 Å². The highest BCUT2D eigenvalue weighted by molar-refractivity contribution is 6.53. The average Bonchev–Trinajstić information content (AvgIpc) is 3.12. The summed E-state index contributed by atoms with van der Waals surface area (Å²) >= 11 is 6.26. The van der Waals surface area contributed by atoms with E-state index in [1.807, 2.05) is 26.8 Å². The second-order valence-corrected chi connectivity index (χ2v) is 9.16. The van der Waals surface area contributed by atoms with Crippen molar-refractivity contribution in [1.29, 1.82) is 0 Å². The van der Waals surface area contributed by atoms with Crippen molar-refractivity contribution in [3.63, 3.8) is 0 Å². The number of anilines is 3. The Morgan fingerprint density at radius 2 is 1.55 bits per heavy atom. The molecule has 1 aliphatic rings. The first-order valence-electron chi connectivity index (χ1n) is 12.0. The van der Waals surface area contributed by atoms with Crippen molar-refractivity contribution in [3.05, 3.63) is 99.7 Å². The third-order valence-corrected chi connectivity index (χ3v) is 6.31. The topological polar surface area (TPSA) is 105 Å². The molecule has 9 heteroatoms. The molecular formula is C29H26ClN3O5. The van der Waals surface area contributed by atoms with Crippen LogP contribution in [-0.4, -0.2) is 30.3 Å². The fraction of sp³-hybridized carbons (Fsp3) is 0.172. The number of hydrogen-bond acceptors (Lipinski definition) is 6. The Kier molecular flexibility index (Phi) is 7.93. The molecule has 0 bridgehead atoms. The Balaban J connectivity index is 1.49. The molecule has 0 aliphatic carbocycles. The van der Waals surface area contributed by atoms with Crippen LogP contribution >= 0.6 is 11.6 Å². The molecule has 0 atom stereocenters. The van der Waals surface area contributed by atoms with Crippen LogP contribution in [0.25, 0.3) is 0 Å². The molecule has 0 radical (unpaired) electrons. The molecule has 8 nitrogen and oxygen atoms in total. The molecule has 194 valence electrons. The van der Waals surface area contributed by atoms with Crippen LogP contribution in [0.3, 0.4) is 0 Å². The molecule has 4 rings (SSSR count). The summed E-state index contributed by atoms with van der Waals surface area (Å²) in [6, 6.07) is 18.1. The van der Waals surface area contributed by atoms with E-state index in [1.165, 1.54) is 12.1 Å². The van der Waals surface area contributed by atoms with Gasteiger partial charge in [0.1, 0.15) is 10.7 Å². The lowest BCUT2D eigenvalue weighted by molar-refractivity contribution is -0.120. The number of carbonyl (C=O) groups is 4. The van der Waals surface area contributed by atoms with Crippen molar-refractivity contribution in [1.82, 2.24) is 0 Å². The fourth-order valence-corrected chi connectivity index (χ4v) is 4.01. The molecule has 3 aromatic rings. The van der Waals surface area contributed by atoms with Gasteiger partial charge in [-0.3, -0.25) is 14.4 Å². The van der Waals surface area contributed by atoms with Crippen LogP contribution in [0.4, 0.5) is 17.1 Å². The molecule has 3 aromatic carbocycles. The minimum Gasteiger partial charge on any atom is -0.462 e. The molecule has 0 fully saturated rings. The maximum absolute atomic E-state index is 13.1. The summed E-state index contributed by atoms with van der Waals surface area (Å²) in [6.45, 7) is 6.04. The number of hydrogen-bond donors (Lipinski definition) is 2. The van der Waals surface area contributed by atoms with E-state index in [2.05, 4.69) is 10.6 Å². The first-order valence-corrected chi connectivity index (χ1v) is 12.4. The van der Waals surface area contributed by atoms with E-state index in [0.717, 1.165) is 16.0 Å². The number of esters is 1. The number of ether oxygens (including phenoxy) is 1. The van der Waals surface area contributed by atoms with E-state index >= 15 is 0 Å². The third kappa shape index (κ3) is 5.60. The summed E-state index contributed by atoms with van der Waals surface area (Å²) in [5.41, 5.74) is 3.74. The van der Waals surface area contributed by atoms with Crippen molar-refractivity contribution < 1.29 is 23.9 Å². The SMILES string of the molecule is CCCOC(=O)c1cccc(NC(=O)c2cccc(NC3=C(Cl)C(=O)N(c4ccc(C)c(C)c4)C3=O)c2)c1. The molecule has 0 unspecified atom stereocenters. The number of aryl methyl sites for hydroxylation is 2. The molecule has 0 saturated heterocycles.